The van der Waals surface area contributed by atoms with Crippen LogP contribution in [0.2, 0.25) is 0 Å². The van der Waals surface area contributed by atoms with Crippen LogP contribution in [0.15, 0.2) is 48.5 Å². The summed E-state index contributed by atoms with van der Waals surface area (Å²) >= 11 is 0. The van der Waals surface area contributed by atoms with Gasteiger partial charge in [0.05, 0.1) is 46.0 Å². The minimum Gasteiger partial charge on any atom is -0.497 e. The van der Waals surface area contributed by atoms with Gasteiger partial charge in [0.25, 0.3) is 0 Å². The summed E-state index contributed by atoms with van der Waals surface area (Å²) in [5, 5.41) is 1.17. The Morgan fingerprint density at radius 1 is 0.891 bits per heavy atom. The third-order valence-corrected chi connectivity index (χ3v) is 11.0. The van der Waals surface area contributed by atoms with Crippen molar-refractivity contribution in [3.05, 3.63) is 82.5 Å². The lowest BCUT2D eigenvalue weighted by Gasteiger charge is -2.52. The predicted octanol–water partition coefficient (Wildman–Crippen LogP) is 6.16. The van der Waals surface area contributed by atoms with Crippen molar-refractivity contribution in [2.24, 2.45) is 17.8 Å². The zero-order valence-corrected chi connectivity index (χ0v) is 31.0. The third-order valence-electron chi connectivity index (χ3n) is 11.0. The molecular formula is C40H42F2N2O11. The molecule has 1 saturated heterocycles. The van der Waals surface area contributed by atoms with Crippen molar-refractivity contribution >= 4 is 29.0 Å². The number of fused-ring (bicyclic) bond motifs is 6. The van der Waals surface area contributed by atoms with Crippen molar-refractivity contribution in [2.45, 2.75) is 44.1 Å². The second-order valence-electron chi connectivity index (χ2n) is 13.9. The van der Waals surface area contributed by atoms with Crippen molar-refractivity contribution in [1.29, 1.82) is 0 Å². The van der Waals surface area contributed by atoms with Gasteiger partial charge in [-0.1, -0.05) is 0 Å². The molecule has 0 unspecified atom stereocenters. The molecule has 0 bridgehead atoms. The van der Waals surface area contributed by atoms with Crippen LogP contribution in [-0.2, 0) is 36.8 Å². The van der Waals surface area contributed by atoms with E-state index in [1.165, 1.54) is 51.5 Å². The number of H-pyrrole nitrogens is 1. The predicted molar refractivity (Wildman–Crippen MR) is 191 cm³/mol. The Balaban J connectivity index is 1.09. The number of hydrogen-bond donors (Lipinski definition) is 1. The van der Waals surface area contributed by atoms with E-state index < -0.39 is 54.5 Å². The summed E-state index contributed by atoms with van der Waals surface area (Å²) in [6.07, 6.45) is -0.834. The number of esters is 2. The van der Waals surface area contributed by atoms with Crippen LogP contribution < -0.4 is 18.9 Å². The molecule has 1 N–H and O–H groups in total. The molecule has 1 aliphatic carbocycles. The fraction of sp³-hybridized carbons (Fsp3) is 0.425. The minimum absolute atomic E-state index is 0.00898. The first-order chi connectivity index (χ1) is 26.5. The Morgan fingerprint density at radius 2 is 1.62 bits per heavy atom. The van der Waals surface area contributed by atoms with E-state index in [1.807, 2.05) is 12.1 Å². The van der Waals surface area contributed by atoms with Crippen molar-refractivity contribution in [1.82, 2.24) is 9.88 Å². The summed E-state index contributed by atoms with van der Waals surface area (Å²) in [5.74, 6) is -3.23. The maximum absolute atomic E-state index is 13.8. The van der Waals surface area contributed by atoms with Crippen LogP contribution in [0.1, 0.15) is 46.1 Å². The number of aromatic nitrogens is 1. The number of halogens is 2. The van der Waals surface area contributed by atoms with E-state index in [9.17, 15) is 23.2 Å². The number of ether oxygens (including phenoxy) is 8. The summed E-state index contributed by atoms with van der Waals surface area (Å²) in [6, 6.07) is 11.5. The largest absolute Gasteiger partial charge is 0.514 e. The number of nitrogens with one attached hydrogen (secondary N) is 1. The third kappa shape index (κ3) is 7.37. The monoisotopic (exact) mass is 764 g/mol. The van der Waals surface area contributed by atoms with Crippen LogP contribution in [0, 0.1) is 29.4 Å². The Morgan fingerprint density at radius 3 is 2.27 bits per heavy atom. The molecule has 1 aromatic heterocycles. The lowest BCUT2D eigenvalue weighted by atomic mass is 9.63. The molecular weight excluding hydrogens is 722 g/mol. The molecule has 7 rings (SSSR count). The van der Waals surface area contributed by atoms with Crippen molar-refractivity contribution in [2.75, 3.05) is 48.6 Å². The number of rotatable bonds is 10. The molecule has 0 radical (unpaired) electrons. The van der Waals surface area contributed by atoms with Gasteiger partial charge in [0.1, 0.15) is 36.2 Å². The van der Waals surface area contributed by atoms with Gasteiger partial charge in [-0.2, -0.15) is 0 Å². The van der Waals surface area contributed by atoms with Gasteiger partial charge in [-0.05, 0) is 78.6 Å². The van der Waals surface area contributed by atoms with E-state index in [0.717, 1.165) is 42.1 Å². The first-order valence-electron chi connectivity index (χ1n) is 17.8. The fourth-order valence-corrected chi connectivity index (χ4v) is 8.61. The van der Waals surface area contributed by atoms with Crippen LogP contribution in [0.4, 0.5) is 13.6 Å². The second kappa shape index (κ2) is 15.7. The summed E-state index contributed by atoms with van der Waals surface area (Å²) < 4.78 is 71.2. The first kappa shape index (κ1) is 37.9. The van der Waals surface area contributed by atoms with E-state index in [-0.39, 0.29) is 46.3 Å². The van der Waals surface area contributed by atoms with Gasteiger partial charge >= 0.3 is 18.1 Å². The number of carbonyl (C=O) groups excluding carboxylic acids is 3. The summed E-state index contributed by atoms with van der Waals surface area (Å²) in [6.45, 7) is 1.05. The molecule has 3 heterocycles. The first-order valence-corrected chi connectivity index (χ1v) is 17.8. The topological polar surface area (TPSA) is 144 Å². The summed E-state index contributed by atoms with van der Waals surface area (Å²) in [5.41, 5.74) is 3.51. The van der Waals surface area contributed by atoms with Crippen molar-refractivity contribution in [3.63, 3.8) is 0 Å². The highest BCUT2D eigenvalue weighted by Crippen LogP contribution is 2.51. The van der Waals surface area contributed by atoms with Gasteiger partial charge in [-0.25, -0.2) is 18.4 Å². The normalized spacial score (nSPS) is 23.1. The number of benzene rings is 3. The molecule has 0 amide bonds. The highest BCUT2D eigenvalue weighted by Gasteiger charge is 2.54. The molecule has 3 aliphatic rings. The van der Waals surface area contributed by atoms with Gasteiger partial charge < -0.3 is 42.9 Å². The van der Waals surface area contributed by atoms with E-state index in [4.69, 9.17) is 37.9 Å². The van der Waals surface area contributed by atoms with E-state index in [0.29, 0.717) is 25.5 Å². The van der Waals surface area contributed by atoms with Gasteiger partial charge in [0, 0.05) is 48.9 Å². The average Bonchev–Trinajstić information content (AvgIpc) is 3.56. The molecule has 6 atom stereocenters. The van der Waals surface area contributed by atoms with Gasteiger partial charge in [0.15, 0.2) is 11.5 Å². The number of carbonyl (C=O) groups is 3. The lowest BCUT2D eigenvalue weighted by molar-refractivity contribution is -0.176. The molecule has 3 aromatic carbocycles. The lowest BCUT2D eigenvalue weighted by Crippen LogP contribution is -2.58. The minimum atomic E-state index is -1.21. The van der Waals surface area contributed by atoms with Crippen LogP contribution in [-0.4, -0.2) is 88.8 Å². The average molecular weight is 765 g/mol. The molecule has 2 fully saturated rings. The highest BCUT2D eigenvalue weighted by atomic mass is 19.1. The molecule has 13 nitrogen and oxygen atoms in total. The molecule has 2 aliphatic heterocycles. The quantitative estimate of drug-likeness (QED) is 0.112. The standard InChI is InChI=1S/C40H42F2N2O11/c1-48-25-6-7-26-27-8-9-44-18-22-14-33(37(51-4)34(39(46)52-5)28(22)17-30(44)35(27)43-29(26)16-25)54-38(45)21-12-31(49-2)36(32(13-21)50-3)55-40(47)53-19-20-10-23(41)15-24(42)11-20/h6-7,10-13,15-16,22,28,30,33-34,37,43H,8-9,14,17-19H2,1-5H3/t22-,28+,30-,33-,34+,37+/m1/s1. The van der Waals surface area contributed by atoms with E-state index >= 15 is 0 Å². The van der Waals surface area contributed by atoms with Crippen LogP contribution >= 0.6 is 0 Å². The molecule has 4 aromatic rings. The Labute approximate surface area is 315 Å². The second-order valence-corrected chi connectivity index (χ2v) is 13.9. The maximum atomic E-state index is 13.8. The molecule has 1 saturated carbocycles. The summed E-state index contributed by atoms with van der Waals surface area (Å²) in [7, 11) is 7.08. The molecule has 0 spiro atoms. The smallest absolute Gasteiger partial charge is 0.497 e. The van der Waals surface area contributed by atoms with Gasteiger partial charge in [0.2, 0.25) is 5.75 Å². The Kier molecular flexibility index (Phi) is 10.8. The number of piperidine rings is 1. The Hall–Kier alpha value is -5.41. The number of methoxy groups -OCH3 is 5. The van der Waals surface area contributed by atoms with Crippen molar-refractivity contribution in [3.8, 4) is 23.0 Å². The number of hydrogen-bond acceptors (Lipinski definition) is 12. The van der Waals surface area contributed by atoms with Gasteiger partial charge in [-0.3, -0.25) is 9.69 Å². The highest BCUT2D eigenvalue weighted by molar-refractivity contribution is 5.92. The molecule has 55 heavy (non-hydrogen) atoms. The fourth-order valence-electron chi connectivity index (χ4n) is 8.61. The van der Waals surface area contributed by atoms with Gasteiger partial charge in [-0.15, -0.1) is 0 Å². The number of nitrogens with zero attached hydrogens (tertiary/aromatic N) is 1. The van der Waals surface area contributed by atoms with Crippen LogP contribution in [0.3, 0.4) is 0 Å². The van der Waals surface area contributed by atoms with E-state index in [1.54, 1.807) is 7.11 Å². The zero-order chi connectivity index (χ0) is 39.0. The number of aromatic amines is 1. The van der Waals surface area contributed by atoms with Crippen LogP contribution in [0.5, 0.6) is 23.0 Å². The SMILES string of the molecule is COC(=O)[C@H]1[C@H]2C[C@@H]3c4[nH]c5cc(OC)ccc5c4CCN3C[C@H]2C[C@@H](OC(=O)c2cc(OC)c(OC(=O)OCc3cc(F)cc(F)c3)c(OC)c2)[C@@H]1OC. The Bertz CT molecular complexity index is 2060. The summed E-state index contributed by atoms with van der Waals surface area (Å²) in [4.78, 5) is 46.1. The molecule has 292 valence electrons. The van der Waals surface area contributed by atoms with Crippen LogP contribution in [0.25, 0.3) is 10.9 Å². The maximum Gasteiger partial charge on any atom is 0.514 e. The van der Waals surface area contributed by atoms with E-state index in [2.05, 4.69) is 16.0 Å². The zero-order valence-electron chi connectivity index (χ0n) is 31.0. The molecule has 15 heteroatoms. The van der Waals surface area contributed by atoms with Crippen molar-refractivity contribution < 1.29 is 61.1 Å².